The Balaban J connectivity index is 1.73. The van der Waals surface area contributed by atoms with Crippen molar-refractivity contribution in [3.05, 3.63) is 57.2 Å². The summed E-state index contributed by atoms with van der Waals surface area (Å²) in [6, 6.07) is 14.1. The molecule has 2 aromatic rings. The van der Waals surface area contributed by atoms with Crippen molar-refractivity contribution in [3.63, 3.8) is 0 Å². The first-order valence-corrected chi connectivity index (χ1v) is 8.34. The molecule has 0 fully saturated rings. The van der Waals surface area contributed by atoms with E-state index in [-0.39, 0.29) is 5.78 Å². The van der Waals surface area contributed by atoms with Crippen LogP contribution < -0.4 is 0 Å². The van der Waals surface area contributed by atoms with E-state index in [1.165, 1.54) is 22.6 Å². The number of rotatable bonds is 5. The molecule has 3 rings (SSSR count). The molecule has 1 aromatic heterocycles. The fourth-order valence-electron chi connectivity index (χ4n) is 2.73. The molecule has 0 saturated heterocycles. The molecule has 0 bridgehead atoms. The number of ketones is 1. The molecule has 21 heavy (non-hydrogen) atoms. The summed E-state index contributed by atoms with van der Waals surface area (Å²) in [6.45, 7) is 1.45. The highest BCUT2D eigenvalue weighted by Crippen LogP contribution is 2.22. The molecule has 1 aliphatic rings. The van der Waals surface area contributed by atoms with E-state index in [0.29, 0.717) is 10.9 Å². The van der Waals surface area contributed by atoms with Gasteiger partial charge in [-0.25, -0.2) is 4.58 Å². The molecule has 108 valence electrons. The van der Waals surface area contributed by atoms with Crippen molar-refractivity contribution < 1.29 is 9.37 Å². The number of Topliss-reactive ketones (excluding diaryl/α,β-unsaturated/α-hetero) is 1. The van der Waals surface area contributed by atoms with Crippen LogP contribution in [0.4, 0.5) is 0 Å². The second kappa shape index (κ2) is 6.54. The summed E-state index contributed by atoms with van der Waals surface area (Å²) in [4.78, 5) is 13.1. The third kappa shape index (κ3) is 3.60. The van der Waals surface area contributed by atoms with Crippen LogP contribution in [0.3, 0.4) is 0 Å². The number of nitrogens with zero attached hydrogens (tertiary/aromatic N) is 1. The van der Waals surface area contributed by atoms with Gasteiger partial charge in [-0.15, -0.1) is 11.3 Å². The first-order valence-electron chi connectivity index (χ1n) is 7.14. The van der Waals surface area contributed by atoms with Crippen molar-refractivity contribution >= 4 is 34.4 Å². The van der Waals surface area contributed by atoms with Gasteiger partial charge in [0.1, 0.15) is 6.54 Å². The van der Waals surface area contributed by atoms with Crippen LogP contribution in [-0.2, 0) is 6.42 Å². The molecule has 1 aliphatic heterocycles. The zero-order valence-electron chi connectivity index (χ0n) is 11.7. The molecule has 0 radical (unpaired) electrons. The average Bonchev–Trinajstić information content (AvgIpc) is 3.10. The molecule has 0 atom stereocenters. The lowest BCUT2D eigenvalue weighted by atomic mass is 10.1. The molecule has 0 unspecified atom stereocenters. The summed E-state index contributed by atoms with van der Waals surface area (Å²) in [5.74, 6) is 0.166. The number of hydrogen-bond donors (Lipinski definition) is 0. The fraction of sp³-hybridized carbons (Fsp3) is 0.294. The van der Waals surface area contributed by atoms with Gasteiger partial charge in [0.15, 0.2) is 5.71 Å². The number of hydrogen-bond acceptors (Lipinski definition) is 2. The Labute approximate surface area is 133 Å². The molecule has 0 amide bonds. The topological polar surface area (TPSA) is 20.1 Å². The number of thiophene rings is 1. The van der Waals surface area contributed by atoms with Crippen LogP contribution in [0, 0.1) is 0 Å². The zero-order valence-corrected chi connectivity index (χ0v) is 13.3. The monoisotopic (exact) mass is 318 g/mol. The van der Waals surface area contributed by atoms with Crippen molar-refractivity contribution in [2.45, 2.75) is 19.3 Å². The molecule has 2 nitrogen and oxygen atoms in total. The Morgan fingerprint density at radius 3 is 2.71 bits per heavy atom. The third-order valence-electron chi connectivity index (χ3n) is 3.77. The standard InChI is InChI=1S/C17H17ClNOS/c18-17-9-8-16(21-17)15(20)12-19-10-4-7-14(19)11-13-5-2-1-3-6-13/h1-3,5-6,8-9H,4,7,10-12H2/q+1. The summed E-state index contributed by atoms with van der Waals surface area (Å²) in [6.07, 6.45) is 3.17. The van der Waals surface area contributed by atoms with E-state index in [1.807, 2.05) is 12.1 Å². The minimum atomic E-state index is 0.166. The molecule has 1 aromatic carbocycles. The Bertz CT molecular complexity index is 675. The lowest BCUT2D eigenvalue weighted by molar-refractivity contribution is -0.507. The van der Waals surface area contributed by atoms with Crippen molar-refractivity contribution in [1.82, 2.24) is 0 Å². The Kier molecular flexibility index (Phi) is 4.51. The summed E-state index contributed by atoms with van der Waals surface area (Å²) in [5, 5.41) is 0. The van der Waals surface area contributed by atoms with Crippen LogP contribution in [0.25, 0.3) is 0 Å². The quantitative estimate of drug-likeness (QED) is 0.601. The van der Waals surface area contributed by atoms with Crippen molar-refractivity contribution in [2.75, 3.05) is 13.1 Å². The summed E-state index contributed by atoms with van der Waals surface area (Å²) in [5.41, 5.74) is 2.68. The van der Waals surface area contributed by atoms with E-state index < -0.39 is 0 Å². The molecule has 0 aliphatic carbocycles. The van der Waals surface area contributed by atoms with Gasteiger partial charge < -0.3 is 0 Å². The maximum atomic E-state index is 12.3. The molecule has 2 heterocycles. The van der Waals surface area contributed by atoms with Gasteiger partial charge in [0, 0.05) is 12.8 Å². The summed E-state index contributed by atoms with van der Waals surface area (Å²) < 4.78 is 2.91. The van der Waals surface area contributed by atoms with E-state index in [4.69, 9.17) is 11.6 Å². The highest BCUT2D eigenvalue weighted by atomic mass is 35.5. The van der Waals surface area contributed by atoms with E-state index in [9.17, 15) is 4.79 Å². The smallest absolute Gasteiger partial charge is 0.236 e. The van der Waals surface area contributed by atoms with E-state index in [2.05, 4.69) is 28.8 Å². The van der Waals surface area contributed by atoms with Crippen molar-refractivity contribution in [3.8, 4) is 0 Å². The molecule has 0 spiro atoms. The predicted octanol–water partition coefficient (Wildman–Crippen LogP) is 4.07. The van der Waals surface area contributed by atoms with E-state index in [0.717, 1.165) is 30.7 Å². The van der Waals surface area contributed by atoms with Gasteiger partial charge in [-0.2, -0.15) is 0 Å². The maximum Gasteiger partial charge on any atom is 0.236 e. The van der Waals surface area contributed by atoms with Crippen LogP contribution >= 0.6 is 22.9 Å². The van der Waals surface area contributed by atoms with Gasteiger partial charge in [-0.3, -0.25) is 4.79 Å². The molecule has 4 heteroatoms. The van der Waals surface area contributed by atoms with Gasteiger partial charge in [0.2, 0.25) is 12.3 Å². The fourth-order valence-corrected chi connectivity index (χ4v) is 3.70. The summed E-state index contributed by atoms with van der Waals surface area (Å²) >= 11 is 7.27. The Hall–Kier alpha value is -1.45. The maximum absolute atomic E-state index is 12.3. The van der Waals surface area contributed by atoms with Crippen LogP contribution in [0.2, 0.25) is 4.34 Å². The van der Waals surface area contributed by atoms with E-state index >= 15 is 0 Å². The summed E-state index contributed by atoms with van der Waals surface area (Å²) in [7, 11) is 0. The Morgan fingerprint density at radius 1 is 1.19 bits per heavy atom. The highest BCUT2D eigenvalue weighted by Gasteiger charge is 2.25. The number of halogens is 1. The SMILES string of the molecule is O=C(C[N+]1=C(Cc2ccccc2)CCC1)c1ccc(Cl)s1. The van der Waals surface area contributed by atoms with Crippen molar-refractivity contribution in [2.24, 2.45) is 0 Å². The number of benzene rings is 1. The third-order valence-corrected chi connectivity index (χ3v) is 5.05. The molecular formula is C17H17ClNOS+. The zero-order chi connectivity index (χ0) is 14.7. The van der Waals surface area contributed by atoms with Crippen molar-refractivity contribution in [1.29, 1.82) is 0 Å². The number of carbonyl (C=O) groups excluding carboxylic acids is 1. The first kappa shape index (κ1) is 14.5. The van der Waals surface area contributed by atoms with Crippen LogP contribution in [0.15, 0.2) is 42.5 Å². The van der Waals surface area contributed by atoms with Crippen LogP contribution in [-0.4, -0.2) is 29.2 Å². The highest BCUT2D eigenvalue weighted by molar-refractivity contribution is 7.18. The second-order valence-electron chi connectivity index (χ2n) is 5.28. The van der Waals surface area contributed by atoms with Gasteiger partial charge in [0.25, 0.3) is 0 Å². The van der Waals surface area contributed by atoms with Crippen LogP contribution in [0.5, 0.6) is 0 Å². The second-order valence-corrected chi connectivity index (χ2v) is 7.00. The van der Waals surface area contributed by atoms with Gasteiger partial charge in [-0.05, 0) is 17.7 Å². The predicted molar refractivity (Wildman–Crippen MR) is 88.0 cm³/mol. The minimum Gasteiger partial charge on any atom is -0.286 e. The molecular weight excluding hydrogens is 302 g/mol. The first-order chi connectivity index (χ1) is 10.2. The Morgan fingerprint density at radius 2 is 2.00 bits per heavy atom. The van der Waals surface area contributed by atoms with Gasteiger partial charge in [0.05, 0.1) is 15.6 Å². The van der Waals surface area contributed by atoms with Gasteiger partial charge in [-0.1, -0.05) is 41.9 Å². The largest absolute Gasteiger partial charge is 0.286 e. The average molecular weight is 319 g/mol. The lowest BCUT2D eigenvalue weighted by Gasteiger charge is -2.02. The number of carbonyl (C=O) groups is 1. The van der Waals surface area contributed by atoms with E-state index in [1.54, 1.807) is 6.07 Å². The molecule has 0 saturated carbocycles. The van der Waals surface area contributed by atoms with Crippen LogP contribution in [0.1, 0.15) is 28.1 Å². The normalized spacial score (nSPS) is 14.7. The molecule has 0 N–H and O–H groups in total. The van der Waals surface area contributed by atoms with Gasteiger partial charge >= 0.3 is 0 Å². The lowest BCUT2D eigenvalue weighted by Crippen LogP contribution is -2.24. The minimum absolute atomic E-state index is 0.166.